The second-order valence-electron chi connectivity index (χ2n) is 5.64. The summed E-state index contributed by atoms with van der Waals surface area (Å²) in [5.74, 6) is -0.267. The number of non-ortho nitro benzene ring substituents is 1. The van der Waals surface area contributed by atoms with E-state index in [4.69, 9.17) is 27.9 Å². The molecule has 0 saturated carbocycles. The predicted molar refractivity (Wildman–Crippen MR) is 101 cm³/mol. The molecule has 0 N–H and O–H groups in total. The maximum Gasteiger partial charge on any atom is 0.367 e. The van der Waals surface area contributed by atoms with E-state index in [-0.39, 0.29) is 28.1 Å². The number of nitro benzene ring substituents is 1. The average Bonchev–Trinajstić information content (AvgIpc) is 2.93. The number of carbonyl (C=O) groups is 1. The summed E-state index contributed by atoms with van der Waals surface area (Å²) in [5.41, 5.74) is 2.10. The smallest absolute Gasteiger partial charge is 0.367 e. The number of ether oxygens (including phenoxy) is 1. The Kier molecular flexibility index (Phi) is 5.43. The minimum Gasteiger partial charge on any atom is -0.486 e. The minimum atomic E-state index is -0.543. The van der Waals surface area contributed by atoms with Gasteiger partial charge in [0, 0.05) is 12.1 Å². The van der Waals surface area contributed by atoms with Crippen molar-refractivity contribution in [1.29, 1.82) is 0 Å². The highest BCUT2D eigenvalue weighted by Crippen LogP contribution is 2.35. The number of oxime groups is 1. The third kappa shape index (κ3) is 4.27. The molecule has 0 spiro atoms. The van der Waals surface area contributed by atoms with Gasteiger partial charge in [-0.25, -0.2) is 4.79 Å². The monoisotopic (exact) mass is 406 g/mol. The third-order valence-electron chi connectivity index (χ3n) is 3.74. The van der Waals surface area contributed by atoms with Crippen LogP contribution in [-0.4, -0.2) is 16.6 Å². The van der Waals surface area contributed by atoms with E-state index in [1.807, 2.05) is 0 Å². The van der Waals surface area contributed by atoms with E-state index < -0.39 is 10.9 Å². The third-order valence-corrected chi connectivity index (χ3v) is 4.30. The van der Waals surface area contributed by atoms with Crippen LogP contribution in [0.1, 0.15) is 18.1 Å². The SMILES string of the molecule is CC1=NOC(=O)/C1=C\c1cc(Cl)c(OCc2ccc([N+](=O)[O-])cc2)c(Cl)c1. The van der Waals surface area contributed by atoms with E-state index in [0.29, 0.717) is 16.8 Å². The quantitative estimate of drug-likeness (QED) is 0.307. The minimum absolute atomic E-state index is 0.00326. The maximum atomic E-state index is 11.6. The first kappa shape index (κ1) is 18.9. The van der Waals surface area contributed by atoms with Crippen LogP contribution >= 0.6 is 23.2 Å². The Balaban J connectivity index is 1.77. The zero-order valence-electron chi connectivity index (χ0n) is 13.9. The normalized spacial score (nSPS) is 14.9. The summed E-state index contributed by atoms with van der Waals surface area (Å²) in [6.07, 6.45) is 1.58. The molecule has 1 aliphatic rings. The molecule has 2 aromatic carbocycles. The highest BCUT2D eigenvalue weighted by molar-refractivity contribution is 6.37. The van der Waals surface area contributed by atoms with Crippen molar-refractivity contribution in [2.24, 2.45) is 5.16 Å². The fourth-order valence-corrected chi connectivity index (χ4v) is 2.97. The van der Waals surface area contributed by atoms with Crippen molar-refractivity contribution in [1.82, 2.24) is 0 Å². The van der Waals surface area contributed by atoms with Gasteiger partial charge in [-0.1, -0.05) is 28.4 Å². The first-order valence-corrected chi connectivity index (χ1v) is 8.44. The Labute approximate surface area is 163 Å². The lowest BCUT2D eigenvalue weighted by Gasteiger charge is -2.11. The van der Waals surface area contributed by atoms with Crippen LogP contribution in [0.4, 0.5) is 5.69 Å². The summed E-state index contributed by atoms with van der Waals surface area (Å²) in [6, 6.07) is 9.16. The van der Waals surface area contributed by atoms with E-state index in [1.165, 1.54) is 12.1 Å². The number of halogens is 2. The van der Waals surface area contributed by atoms with Gasteiger partial charge in [0.05, 0.1) is 26.3 Å². The Morgan fingerprint density at radius 2 is 1.85 bits per heavy atom. The predicted octanol–water partition coefficient (Wildman–Crippen LogP) is 4.80. The lowest BCUT2D eigenvalue weighted by atomic mass is 10.1. The molecule has 2 aromatic rings. The summed E-state index contributed by atoms with van der Waals surface area (Å²) < 4.78 is 5.65. The molecule has 0 aliphatic carbocycles. The van der Waals surface area contributed by atoms with Gasteiger partial charge in [0.2, 0.25) is 0 Å². The average molecular weight is 407 g/mol. The van der Waals surface area contributed by atoms with Gasteiger partial charge in [-0.2, -0.15) is 0 Å². The molecule has 0 amide bonds. The van der Waals surface area contributed by atoms with Crippen molar-refractivity contribution < 1.29 is 19.3 Å². The summed E-state index contributed by atoms with van der Waals surface area (Å²) in [5, 5.41) is 14.8. The first-order chi connectivity index (χ1) is 12.8. The molecular formula is C18H12Cl2N2O5. The van der Waals surface area contributed by atoms with Crippen LogP contribution in [0.3, 0.4) is 0 Å². The van der Waals surface area contributed by atoms with Gasteiger partial charge in [0.1, 0.15) is 6.61 Å². The number of hydrogen-bond acceptors (Lipinski definition) is 6. The highest BCUT2D eigenvalue weighted by Gasteiger charge is 2.22. The van der Waals surface area contributed by atoms with Crippen molar-refractivity contribution in [2.75, 3.05) is 0 Å². The van der Waals surface area contributed by atoms with Crippen molar-refractivity contribution in [3.63, 3.8) is 0 Å². The van der Waals surface area contributed by atoms with Crippen LogP contribution in [0.25, 0.3) is 6.08 Å². The second kappa shape index (κ2) is 7.77. The zero-order chi connectivity index (χ0) is 19.6. The molecule has 0 atom stereocenters. The molecule has 0 aromatic heterocycles. The van der Waals surface area contributed by atoms with Crippen LogP contribution in [0, 0.1) is 10.1 Å². The van der Waals surface area contributed by atoms with Gasteiger partial charge in [0.25, 0.3) is 5.69 Å². The topological polar surface area (TPSA) is 91.0 Å². The number of carbonyl (C=O) groups excluding carboxylic acids is 1. The molecule has 1 heterocycles. The number of nitrogens with zero attached hydrogens (tertiary/aromatic N) is 2. The molecule has 1 aliphatic heterocycles. The standard InChI is InChI=1S/C18H12Cl2N2O5/c1-10-14(18(23)27-21-10)6-12-7-15(19)17(16(20)8-12)26-9-11-2-4-13(5-3-11)22(24)25/h2-8H,9H2,1H3/b14-6-. The summed E-state index contributed by atoms with van der Waals surface area (Å²) in [6.45, 7) is 1.79. The molecule has 0 unspecified atom stereocenters. The van der Waals surface area contributed by atoms with E-state index >= 15 is 0 Å². The van der Waals surface area contributed by atoms with E-state index in [1.54, 1.807) is 37.3 Å². The van der Waals surface area contributed by atoms with E-state index in [9.17, 15) is 14.9 Å². The van der Waals surface area contributed by atoms with Gasteiger partial charge >= 0.3 is 5.97 Å². The van der Waals surface area contributed by atoms with E-state index in [2.05, 4.69) is 9.99 Å². The first-order valence-electron chi connectivity index (χ1n) is 7.68. The zero-order valence-corrected chi connectivity index (χ0v) is 15.5. The lowest BCUT2D eigenvalue weighted by molar-refractivity contribution is -0.384. The van der Waals surface area contributed by atoms with Crippen LogP contribution in [-0.2, 0) is 16.2 Å². The van der Waals surface area contributed by atoms with Crippen LogP contribution in [0.5, 0.6) is 5.75 Å². The molecule has 0 radical (unpaired) electrons. The van der Waals surface area contributed by atoms with Crippen LogP contribution in [0.2, 0.25) is 10.0 Å². The van der Waals surface area contributed by atoms with Crippen molar-refractivity contribution >= 4 is 46.6 Å². The van der Waals surface area contributed by atoms with Gasteiger partial charge < -0.3 is 9.57 Å². The summed E-state index contributed by atoms with van der Waals surface area (Å²) in [4.78, 5) is 26.4. The molecule has 0 fully saturated rings. The lowest BCUT2D eigenvalue weighted by Crippen LogP contribution is -2.02. The fourth-order valence-electron chi connectivity index (χ4n) is 2.36. The van der Waals surface area contributed by atoms with Gasteiger partial charge in [-0.05, 0) is 48.4 Å². The molecule has 0 saturated heterocycles. The van der Waals surface area contributed by atoms with Gasteiger partial charge in [-0.15, -0.1) is 0 Å². The number of rotatable bonds is 5. The molecule has 0 bridgehead atoms. The number of hydrogen-bond donors (Lipinski definition) is 0. The Morgan fingerprint density at radius 3 is 2.37 bits per heavy atom. The van der Waals surface area contributed by atoms with Crippen LogP contribution < -0.4 is 4.74 Å². The van der Waals surface area contributed by atoms with Crippen molar-refractivity contribution in [2.45, 2.75) is 13.5 Å². The molecule has 27 heavy (non-hydrogen) atoms. The highest BCUT2D eigenvalue weighted by atomic mass is 35.5. The second-order valence-corrected chi connectivity index (χ2v) is 6.45. The number of nitro groups is 1. The van der Waals surface area contributed by atoms with Gasteiger partial charge in [-0.3, -0.25) is 10.1 Å². The summed E-state index contributed by atoms with van der Waals surface area (Å²) in [7, 11) is 0. The fraction of sp³-hybridized carbons (Fsp3) is 0.111. The molecular weight excluding hydrogens is 395 g/mol. The van der Waals surface area contributed by atoms with Crippen molar-refractivity contribution in [3.05, 3.63) is 73.3 Å². The Bertz CT molecular complexity index is 961. The van der Waals surface area contributed by atoms with Gasteiger partial charge in [0.15, 0.2) is 5.75 Å². The maximum absolute atomic E-state index is 11.6. The summed E-state index contributed by atoms with van der Waals surface area (Å²) >= 11 is 12.5. The number of benzene rings is 2. The Morgan fingerprint density at radius 1 is 1.22 bits per heavy atom. The van der Waals surface area contributed by atoms with Crippen molar-refractivity contribution in [3.8, 4) is 5.75 Å². The Hall–Kier alpha value is -2.90. The molecule has 9 heteroatoms. The van der Waals surface area contributed by atoms with Crippen LogP contribution in [0.15, 0.2) is 47.1 Å². The molecule has 3 rings (SSSR count). The molecule has 138 valence electrons. The van der Waals surface area contributed by atoms with E-state index in [0.717, 1.165) is 5.56 Å². The largest absolute Gasteiger partial charge is 0.486 e. The molecule has 7 nitrogen and oxygen atoms in total.